The van der Waals surface area contributed by atoms with Crippen molar-refractivity contribution in [2.45, 2.75) is 52.6 Å². The third-order valence-electron chi connectivity index (χ3n) is 2.19. The molecule has 0 aromatic rings. The summed E-state index contributed by atoms with van der Waals surface area (Å²) in [6.45, 7) is 12.5. The van der Waals surface area contributed by atoms with Gasteiger partial charge < -0.3 is 0 Å². The first-order chi connectivity index (χ1) is 6.34. The van der Waals surface area contributed by atoms with Crippen molar-refractivity contribution >= 4 is 10.1 Å². The zero-order valence-corrected chi connectivity index (χ0v) is 11.3. The van der Waals surface area contributed by atoms with Gasteiger partial charge in [-0.05, 0) is 41.5 Å². The topological polar surface area (TPSA) is 57.6 Å². The first-order valence-electron chi connectivity index (χ1n) is 5.07. The van der Waals surface area contributed by atoms with Crippen molar-refractivity contribution in [3.05, 3.63) is 0 Å². The van der Waals surface area contributed by atoms with Gasteiger partial charge in [0.05, 0.1) is 5.75 Å². The Bertz CT molecular complexity index is 282. The summed E-state index contributed by atoms with van der Waals surface area (Å²) in [5, 5.41) is 0. The quantitative estimate of drug-likeness (QED) is 0.760. The van der Waals surface area contributed by atoms with E-state index in [9.17, 15) is 8.42 Å². The second kappa shape index (κ2) is 4.39. The first kappa shape index (κ1) is 14.9. The van der Waals surface area contributed by atoms with Crippen LogP contribution in [0.25, 0.3) is 0 Å². The summed E-state index contributed by atoms with van der Waals surface area (Å²) in [5.41, 5.74) is -0.244. The van der Waals surface area contributed by atoms with E-state index in [1.54, 1.807) is 0 Å². The molecule has 0 saturated heterocycles. The molecule has 0 amide bonds. The fourth-order valence-electron chi connectivity index (χ4n) is 1.88. The number of rotatable bonds is 3. The zero-order valence-electron chi connectivity index (χ0n) is 10.5. The molecule has 0 unspecified atom stereocenters. The van der Waals surface area contributed by atoms with Gasteiger partial charge in [-0.15, -0.1) is 0 Å². The highest BCUT2D eigenvalue weighted by molar-refractivity contribution is 7.85. The first-order valence-corrected chi connectivity index (χ1v) is 6.68. The van der Waals surface area contributed by atoms with Crippen LogP contribution in [0, 0.1) is 0 Å². The summed E-state index contributed by atoms with van der Waals surface area (Å²) in [6.07, 6.45) is 0. The fourth-order valence-corrected chi connectivity index (χ4v) is 2.30. The molecule has 15 heavy (non-hydrogen) atoms. The molecule has 1 N–H and O–H groups in total. The number of hydrogen-bond acceptors (Lipinski definition) is 3. The van der Waals surface area contributed by atoms with Gasteiger partial charge in [-0.3, -0.25) is 9.45 Å². The normalized spacial score (nSPS) is 14.7. The van der Waals surface area contributed by atoms with Crippen LogP contribution in [0.2, 0.25) is 0 Å². The largest absolute Gasteiger partial charge is 0.293 e. The molecular formula is C10H23NO3S. The van der Waals surface area contributed by atoms with E-state index < -0.39 is 10.1 Å². The molecule has 0 radical (unpaired) electrons. The third-order valence-corrected chi connectivity index (χ3v) is 2.89. The maximum absolute atomic E-state index is 10.7. The van der Waals surface area contributed by atoms with E-state index in [1.165, 1.54) is 0 Å². The summed E-state index contributed by atoms with van der Waals surface area (Å²) in [6, 6.07) is 0. The van der Waals surface area contributed by atoms with E-state index in [0.717, 1.165) is 0 Å². The third kappa shape index (κ3) is 6.12. The van der Waals surface area contributed by atoms with Gasteiger partial charge in [0.15, 0.2) is 0 Å². The summed E-state index contributed by atoms with van der Waals surface area (Å²) < 4.78 is 30.2. The molecular weight excluding hydrogens is 214 g/mol. The maximum Gasteiger partial charge on any atom is 0.266 e. The van der Waals surface area contributed by atoms with Crippen molar-refractivity contribution in [2.75, 3.05) is 12.3 Å². The Morgan fingerprint density at radius 3 is 1.53 bits per heavy atom. The predicted molar refractivity (Wildman–Crippen MR) is 62.6 cm³/mol. The summed E-state index contributed by atoms with van der Waals surface area (Å²) in [4.78, 5) is 2.06. The molecule has 5 heteroatoms. The van der Waals surface area contributed by atoms with Crippen LogP contribution in [-0.2, 0) is 10.1 Å². The van der Waals surface area contributed by atoms with Gasteiger partial charge in [0, 0.05) is 17.6 Å². The lowest BCUT2D eigenvalue weighted by atomic mass is 9.96. The Kier molecular flexibility index (Phi) is 4.35. The van der Waals surface area contributed by atoms with E-state index in [2.05, 4.69) is 4.90 Å². The number of hydrogen-bond donors (Lipinski definition) is 1. The van der Waals surface area contributed by atoms with Crippen molar-refractivity contribution < 1.29 is 13.0 Å². The monoisotopic (exact) mass is 237 g/mol. The van der Waals surface area contributed by atoms with E-state index in [-0.39, 0.29) is 16.8 Å². The molecule has 0 aromatic carbocycles. The molecule has 0 saturated carbocycles. The lowest BCUT2D eigenvalue weighted by molar-refractivity contribution is 0.0452. The lowest BCUT2D eigenvalue weighted by Crippen LogP contribution is -2.54. The summed E-state index contributed by atoms with van der Waals surface area (Å²) >= 11 is 0. The molecule has 0 atom stereocenters. The van der Waals surface area contributed by atoms with Gasteiger partial charge in [-0.2, -0.15) is 8.42 Å². The Morgan fingerprint density at radius 1 is 1.00 bits per heavy atom. The van der Waals surface area contributed by atoms with Crippen molar-refractivity contribution in [1.29, 1.82) is 0 Å². The van der Waals surface area contributed by atoms with E-state index >= 15 is 0 Å². The highest BCUT2D eigenvalue weighted by Crippen LogP contribution is 2.24. The summed E-state index contributed by atoms with van der Waals surface area (Å²) in [5.74, 6) is -0.221. The van der Waals surface area contributed by atoms with Crippen molar-refractivity contribution in [2.24, 2.45) is 0 Å². The molecule has 0 aliphatic heterocycles. The minimum absolute atomic E-state index is 0.122. The SMILES string of the molecule is CC(C)(C)N(CCS(=O)(=O)O)C(C)(C)C. The molecule has 0 bridgehead atoms. The Balaban J connectivity index is 4.71. The lowest BCUT2D eigenvalue weighted by Gasteiger charge is -2.45. The predicted octanol–water partition coefficient (Wildman–Crippen LogP) is 1.77. The minimum Gasteiger partial charge on any atom is -0.293 e. The standard InChI is InChI=1S/C10H23NO3S/c1-9(2,3)11(10(4,5)6)7-8-15(12,13)14/h7-8H2,1-6H3,(H,12,13,14). The van der Waals surface area contributed by atoms with Crippen molar-refractivity contribution in [3.8, 4) is 0 Å². The molecule has 0 spiro atoms. The molecule has 0 rings (SSSR count). The van der Waals surface area contributed by atoms with E-state index in [0.29, 0.717) is 6.54 Å². The zero-order chi connectivity index (χ0) is 12.5. The van der Waals surface area contributed by atoms with Gasteiger partial charge in [-0.1, -0.05) is 0 Å². The maximum atomic E-state index is 10.7. The second-order valence-electron chi connectivity index (χ2n) is 5.78. The molecule has 92 valence electrons. The average molecular weight is 237 g/mol. The highest BCUT2D eigenvalue weighted by Gasteiger charge is 2.31. The van der Waals surface area contributed by atoms with Crippen LogP contribution in [-0.4, -0.2) is 41.2 Å². The van der Waals surface area contributed by atoms with Crippen molar-refractivity contribution in [3.63, 3.8) is 0 Å². The fraction of sp³-hybridized carbons (Fsp3) is 1.00. The molecule has 0 fully saturated rings. The molecule has 4 nitrogen and oxygen atoms in total. The van der Waals surface area contributed by atoms with E-state index in [4.69, 9.17) is 4.55 Å². The van der Waals surface area contributed by atoms with Crippen LogP contribution < -0.4 is 0 Å². The average Bonchev–Trinajstić information content (AvgIpc) is 1.75. The van der Waals surface area contributed by atoms with Crippen LogP contribution in [0.15, 0.2) is 0 Å². The Labute approximate surface area is 93.4 Å². The van der Waals surface area contributed by atoms with Gasteiger partial charge in [-0.25, -0.2) is 0 Å². The smallest absolute Gasteiger partial charge is 0.266 e. The van der Waals surface area contributed by atoms with Crippen LogP contribution in [0.1, 0.15) is 41.5 Å². The van der Waals surface area contributed by atoms with Crippen LogP contribution in [0.3, 0.4) is 0 Å². The minimum atomic E-state index is -3.88. The Hall–Kier alpha value is -0.130. The van der Waals surface area contributed by atoms with Gasteiger partial charge >= 0.3 is 0 Å². The van der Waals surface area contributed by atoms with Gasteiger partial charge in [0.2, 0.25) is 0 Å². The van der Waals surface area contributed by atoms with Crippen LogP contribution >= 0.6 is 0 Å². The van der Waals surface area contributed by atoms with Gasteiger partial charge in [0.1, 0.15) is 0 Å². The van der Waals surface area contributed by atoms with Crippen LogP contribution in [0.4, 0.5) is 0 Å². The van der Waals surface area contributed by atoms with Crippen LogP contribution in [0.5, 0.6) is 0 Å². The summed E-state index contributed by atoms with van der Waals surface area (Å²) in [7, 11) is -3.88. The van der Waals surface area contributed by atoms with E-state index in [1.807, 2.05) is 41.5 Å². The second-order valence-corrected chi connectivity index (χ2v) is 7.35. The van der Waals surface area contributed by atoms with Gasteiger partial charge in [0.25, 0.3) is 10.1 Å². The van der Waals surface area contributed by atoms with Crippen molar-refractivity contribution in [1.82, 2.24) is 4.90 Å². The Morgan fingerprint density at radius 2 is 1.33 bits per heavy atom. The molecule has 0 aliphatic rings. The highest BCUT2D eigenvalue weighted by atomic mass is 32.2. The molecule has 0 heterocycles. The molecule has 0 aromatic heterocycles. The molecule has 0 aliphatic carbocycles. The number of nitrogens with zero attached hydrogens (tertiary/aromatic N) is 1.